The summed E-state index contributed by atoms with van der Waals surface area (Å²) in [5, 5.41) is 7.26. The molecule has 1 aliphatic heterocycles. The van der Waals surface area contributed by atoms with Gasteiger partial charge in [-0.15, -0.1) is 0 Å². The Balaban J connectivity index is 1.94. The summed E-state index contributed by atoms with van der Waals surface area (Å²) in [6, 6.07) is 11.2. The molecule has 1 amide bonds. The Morgan fingerprint density at radius 2 is 1.96 bits per heavy atom. The van der Waals surface area contributed by atoms with Crippen LogP contribution < -0.4 is 15.5 Å². The lowest BCUT2D eigenvalue weighted by atomic mass is 10.1. The second kappa shape index (κ2) is 7.67. The van der Waals surface area contributed by atoms with Crippen molar-refractivity contribution in [3.63, 3.8) is 0 Å². The van der Waals surface area contributed by atoms with E-state index in [1.807, 2.05) is 6.92 Å². The number of para-hydroxylation sites is 1. The van der Waals surface area contributed by atoms with E-state index in [9.17, 15) is 13.2 Å². The molecule has 1 unspecified atom stereocenters. The number of anilines is 2. The van der Waals surface area contributed by atoms with Crippen LogP contribution in [0.25, 0.3) is 0 Å². The van der Waals surface area contributed by atoms with Crippen LogP contribution >= 0.6 is 11.6 Å². The number of benzene rings is 2. The lowest BCUT2D eigenvalue weighted by molar-refractivity contribution is -0.110. The number of carbonyl (C=O) groups excluding carboxylic acids is 1. The summed E-state index contributed by atoms with van der Waals surface area (Å²) in [5.74, 6) is -0.422. The number of nitrogens with zero attached hydrogens (tertiary/aromatic N) is 1. The van der Waals surface area contributed by atoms with Crippen molar-refractivity contribution >= 4 is 44.6 Å². The molecule has 2 aromatic carbocycles. The van der Waals surface area contributed by atoms with E-state index in [1.54, 1.807) is 37.3 Å². The molecule has 1 heterocycles. The van der Waals surface area contributed by atoms with Gasteiger partial charge in [0.25, 0.3) is 5.91 Å². The topological polar surface area (TPSA) is 99.7 Å². The predicted molar refractivity (Wildman–Crippen MR) is 107 cm³/mol. The first-order chi connectivity index (χ1) is 12.8. The monoisotopic (exact) mass is 406 g/mol. The first-order valence-electron chi connectivity index (χ1n) is 8.38. The molecule has 1 aliphatic rings. The summed E-state index contributed by atoms with van der Waals surface area (Å²) >= 11 is 6.07. The number of nitrogens with one attached hydrogen (secondary N) is 3. The molecule has 3 N–H and O–H groups in total. The molecule has 0 aromatic heterocycles. The number of sulfonamides is 1. The quantitative estimate of drug-likeness (QED) is 0.641. The Kier molecular flexibility index (Phi) is 5.50. The summed E-state index contributed by atoms with van der Waals surface area (Å²) in [6.07, 6.45) is 0.665. The van der Waals surface area contributed by atoms with Gasteiger partial charge in [0.05, 0.1) is 21.3 Å². The van der Waals surface area contributed by atoms with E-state index in [4.69, 9.17) is 11.6 Å². The molecular weight excluding hydrogens is 388 g/mol. The lowest BCUT2D eigenvalue weighted by Gasteiger charge is -2.12. The molecule has 7 nitrogen and oxygen atoms in total. The zero-order valence-electron chi connectivity index (χ0n) is 14.8. The maximum atomic E-state index is 12.5. The van der Waals surface area contributed by atoms with Gasteiger partial charge in [0, 0.05) is 11.6 Å². The zero-order valence-corrected chi connectivity index (χ0v) is 16.4. The van der Waals surface area contributed by atoms with Crippen LogP contribution in [-0.4, -0.2) is 26.1 Å². The maximum Gasteiger partial charge on any atom is 0.276 e. The van der Waals surface area contributed by atoms with Crippen molar-refractivity contribution in [2.45, 2.75) is 31.2 Å². The Morgan fingerprint density at radius 3 is 2.67 bits per heavy atom. The van der Waals surface area contributed by atoms with Gasteiger partial charge in [-0.05, 0) is 43.7 Å². The lowest BCUT2D eigenvalue weighted by Crippen LogP contribution is -2.32. The van der Waals surface area contributed by atoms with Crippen molar-refractivity contribution in [1.82, 2.24) is 4.72 Å². The van der Waals surface area contributed by atoms with Crippen molar-refractivity contribution < 1.29 is 13.2 Å². The number of rotatable bonds is 6. The highest BCUT2D eigenvalue weighted by Gasteiger charge is 2.28. The summed E-state index contributed by atoms with van der Waals surface area (Å²) in [4.78, 5) is 12.3. The second-order valence-corrected chi connectivity index (χ2v) is 8.27. The highest BCUT2D eigenvalue weighted by atomic mass is 35.5. The maximum absolute atomic E-state index is 12.5. The number of hydrogen-bond donors (Lipinski definition) is 3. The van der Waals surface area contributed by atoms with E-state index >= 15 is 0 Å². The fourth-order valence-corrected chi connectivity index (χ4v) is 4.03. The van der Waals surface area contributed by atoms with Crippen LogP contribution in [-0.2, 0) is 14.8 Å². The fourth-order valence-electron chi connectivity index (χ4n) is 2.49. The van der Waals surface area contributed by atoms with E-state index in [0.29, 0.717) is 28.4 Å². The molecule has 9 heteroatoms. The summed E-state index contributed by atoms with van der Waals surface area (Å²) in [5.41, 5.74) is 4.29. The van der Waals surface area contributed by atoms with Gasteiger partial charge in [0.1, 0.15) is 0 Å². The molecule has 2 aromatic rings. The fraction of sp³-hybridized carbons (Fsp3) is 0.222. The molecule has 3 rings (SSSR count). The largest absolute Gasteiger partial charge is 0.320 e. The van der Waals surface area contributed by atoms with Crippen molar-refractivity contribution in [2.24, 2.45) is 5.10 Å². The molecule has 0 aliphatic carbocycles. The molecular formula is C18H19ClN4O3S. The highest BCUT2D eigenvalue weighted by Crippen LogP contribution is 2.27. The standard InChI is InChI=1S/C18H19ClN4O3S/c1-3-11(2)23-27(25,26)12-8-9-15-13(10-12)17(18(24)20-15)22-21-16-7-5-4-6-14(16)19/h4-11,21,23H,3H2,1-2H3,(H,20,22,24). The van der Waals surface area contributed by atoms with Gasteiger partial charge in [0.15, 0.2) is 5.71 Å². The number of hydrogen-bond acceptors (Lipinski definition) is 5. The predicted octanol–water partition coefficient (Wildman–Crippen LogP) is 3.19. The first kappa shape index (κ1) is 19.3. The molecule has 0 radical (unpaired) electrons. The van der Waals surface area contributed by atoms with Crippen LogP contribution in [0.1, 0.15) is 25.8 Å². The Morgan fingerprint density at radius 1 is 1.22 bits per heavy atom. The molecule has 142 valence electrons. The van der Waals surface area contributed by atoms with Gasteiger partial charge in [-0.2, -0.15) is 5.10 Å². The van der Waals surface area contributed by atoms with Gasteiger partial charge in [-0.1, -0.05) is 30.7 Å². The first-order valence-corrected chi connectivity index (χ1v) is 10.2. The Hall–Kier alpha value is -2.42. The van der Waals surface area contributed by atoms with E-state index in [-0.39, 0.29) is 16.6 Å². The van der Waals surface area contributed by atoms with E-state index in [0.717, 1.165) is 0 Å². The van der Waals surface area contributed by atoms with Crippen molar-refractivity contribution in [1.29, 1.82) is 0 Å². The summed E-state index contributed by atoms with van der Waals surface area (Å²) in [7, 11) is -3.69. The van der Waals surface area contributed by atoms with Crippen molar-refractivity contribution in [3.05, 3.63) is 53.1 Å². The molecule has 27 heavy (non-hydrogen) atoms. The minimum Gasteiger partial charge on any atom is -0.320 e. The second-order valence-electron chi connectivity index (χ2n) is 6.14. The minimum absolute atomic E-state index is 0.0727. The minimum atomic E-state index is -3.69. The van der Waals surface area contributed by atoms with E-state index < -0.39 is 15.9 Å². The van der Waals surface area contributed by atoms with Gasteiger partial charge in [-0.3, -0.25) is 10.2 Å². The summed E-state index contributed by atoms with van der Waals surface area (Å²) in [6.45, 7) is 3.68. The van der Waals surface area contributed by atoms with Crippen LogP contribution in [0, 0.1) is 0 Å². The number of fused-ring (bicyclic) bond motifs is 1. The average molecular weight is 407 g/mol. The molecule has 0 fully saturated rings. The number of halogens is 1. The van der Waals surface area contributed by atoms with E-state index in [2.05, 4.69) is 20.6 Å². The van der Waals surface area contributed by atoms with Gasteiger partial charge in [-0.25, -0.2) is 13.1 Å². The van der Waals surface area contributed by atoms with Crippen molar-refractivity contribution in [2.75, 3.05) is 10.7 Å². The molecule has 1 atom stereocenters. The number of hydrazone groups is 1. The smallest absolute Gasteiger partial charge is 0.276 e. The highest BCUT2D eigenvalue weighted by molar-refractivity contribution is 7.89. The normalized spacial score (nSPS) is 16.1. The third-order valence-electron chi connectivity index (χ3n) is 4.15. The molecule has 0 bridgehead atoms. The van der Waals surface area contributed by atoms with Crippen LogP contribution in [0.4, 0.5) is 11.4 Å². The van der Waals surface area contributed by atoms with Crippen LogP contribution in [0.15, 0.2) is 52.5 Å². The Bertz CT molecular complexity index is 1020. The molecule has 0 spiro atoms. The third-order valence-corrected chi connectivity index (χ3v) is 6.07. The third kappa shape index (κ3) is 4.13. The van der Waals surface area contributed by atoms with Crippen LogP contribution in [0.2, 0.25) is 5.02 Å². The number of carbonyl (C=O) groups is 1. The van der Waals surface area contributed by atoms with Gasteiger partial charge < -0.3 is 5.32 Å². The van der Waals surface area contributed by atoms with Crippen LogP contribution in [0.3, 0.4) is 0 Å². The van der Waals surface area contributed by atoms with E-state index in [1.165, 1.54) is 12.1 Å². The molecule has 0 saturated heterocycles. The average Bonchev–Trinajstić information content (AvgIpc) is 2.95. The summed E-state index contributed by atoms with van der Waals surface area (Å²) < 4.78 is 27.6. The Labute approximate surface area is 162 Å². The SMILES string of the molecule is CCC(C)NS(=O)(=O)c1ccc2c(c1)/C(=N/Nc1ccccc1Cl)C(=O)N2. The molecule has 0 saturated carbocycles. The zero-order chi connectivity index (χ0) is 19.6. The van der Waals surface area contributed by atoms with Gasteiger partial charge >= 0.3 is 0 Å². The van der Waals surface area contributed by atoms with Gasteiger partial charge in [0.2, 0.25) is 10.0 Å². The van der Waals surface area contributed by atoms with Crippen LogP contribution in [0.5, 0.6) is 0 Å². The number of amides is 1. The van der Waals surface area contributed by atoms with Crippen molar-refractivity contribution in [3.8, 4) is 0 Å².